The molecule has 0 unspecified atom stereocenters. The molecule has 2 rings (SSSR count). The first kappa shape index (κ1) is 7.79. The molecule has 1 aromatic heterocycles. The topological polar surface area (TPSA) is 69.0 Å². The molecule has 4 heteroatoms. The summed E-state index contributed by atoms with van der Waals surface area (Å²) in [5, 5.41) is 4.13. The van der Waals surface area contributed by atoms with Crippen LogP contribution in [0.15, 0.2) is 24.4 Å². The maximum atomic E-state index is 5.80. The maximum Gasteiger partial charge on any atom is 0.0939 e. The third kappa shape index (κ3) is 0.989. The number of aromatic nitrogens is 1. The summed E-state index contributed by atoms with van der Waals surface area (Å²) >= 11 is 0. The zero-order chi connectivity index (χ0) is 9.42. The van der Waals surface area contributed by atoms with Crippen LogP contribution in [0.1, 0.15) is 0 Å². The van der Waals surface area contributed by atoms with Crippen LogP contribution in [0.3, 0.4) is 0 Å². The van der Waals surface area contributed by atoms with Crippen LogP contribution in [0.25, 0.3) is 10.9 Å². The number of hydrogen-bond donors (Lipinski definition) is 3. The minimum absolute atomic E-state index is 0.696. The lowest BCUT2D eigenvalue weighted by Crippen LogP contribution is -2.07. The average Bonchev–Trinajstić information content (AvgIpc) is 2.50. The Labute approximate surface area is 76.1 Å². The molecule has 4 nitrogen and oxygen atoms in total. The van der Waals surface area contributed by atoms with E-state index in [0.29, 0.717) is 5.69 Å². The van der Waals surface area contributed by atoms with Crippen LogP contribution >= 0.6 is 0 Å². The highest BCUT2D eigenvalue weighted by Crippen LogP contribution is 2.27. The molecule has 68 valence electrons. The minimum Gasteiger partial charge on any atom is -0.397 e. The van der Waals surface area contributed by atoms with Crippen LogP contribution in [0, 0.1) is 0 Å². The minimum atomic E-state index is 0.696. The summed E-state index contributed by atoms with van der Waals surface area (Å²) < 4.78 is 1.53. The van der Waals surface area contributed by atoms with Gasteiger partial charge in [-0.1, -0.05) is 0 Å². The fourth-order valence-corrected chi connectivity index (χ4v) is 1.53. The molecule has 0 saturated carbocycles. The van der Waals surface area contributed by atoms with Gasteiger partial charge in [0, 0.05) is 24.3 Å². The van der Waals surface area contributed by atoms with E-state index in [0.717, 1.165) is 16.6 Å². The third-order valence-electron chi connectivity index (χ3n) is 2.18. The lowest BCUT2D eigenvalue weighted by Gasteiger charge is -2.05. The number of benzene rings is 1. The Hall–Kier alpha value is -1.84. The van der Waals surface area contributed by atoms with Crippen LogP contribution < -0.4 is 16.9 Å². The number of anilines is 2. The molecule has 0 aliphatic rings. The van der Waals surface area contributed by atoms with Crippen LogP contribution in [0.4, 0.5) is 11.4 Å². The molecule has 0 saturated heterocycles. The van der Waals surface area contributed by atoms with Crippen molar-refractivity contribution < 1.29 is 0 Å². The fourth-order valence-electron chi connectivity index (χ4n) is 1.53. The molecule has 1 heterocycles. The molecule has 0 bridgehead atoms. The number of nitrogens with two attached hydrogens (primary N) is 2. The fraction of sp³-hybridized carbons (Fsp3) is 0.111. The van der Waals surface area contributed by atoms with Crippen molar-refractivity contribution in [3.63, 3.8) is 0 Å². The van der Waals surface area contributed by atoms with Crippen molar-refractivity contribution in [2.75, 3.05) is 23.9 Å². The molecule has 0 spiro atoms. The Morgan fingerprint density at radius 2 is 2.08 bits per heavy atom. The SMILES string of the molecule is CNc1ccc(N)c2c1ccn2N. The number of hydrogen-bond acceptors (Lipinski definition) is 3. The predicted octanol–water partition coefficient (Wildman–Crippen LogP) is 0.979. The summed E-state index contributed by atoms with van der Waals surface area (Å²) in [4.78, 5) is 0. The van der Waals surface area contributed by atoms with Crippen molar-refractivity contribution in [3.8, 4) is 0 Å². The van der Waals surface area contributed by atoms with Gasteiger partial charge in [0.15, 0.2) is 0 Å². The molecule has 5 N–H and O–H groups in total. The molecule has 0 atom stereocenters. The highest BCUT2D eigenvalue weighted by Gasteiger charge is 2.05. The first-order valence-corrected chi connectivity index (χ1v) is 4.06. The van der Waals surface area contributed by atoms with Gasteiger partial charge in [-0.05, 0) is 18.2 Å². The smallest absolute Gasteiger partial charge is 0.0939 e. The van der Waals surface area contributed by atoms with Crippen molar-refractivity contribution in [2.24, 2.45) is 0 Å². The molecule has 0 aliphatic heterocycles. The van der Waals surface area contributed by atoms with Gasteiger partial charge in [-0.15, -0.1) is 0 Å². The standard InChI is InChI=1S/C9H12N4/c1-12-8-3-2-7(10)9-6(8)4-5-13(9)11/h2-5,12H,10-11H2,1H3. The quantitative estimate of drug-likeness (QED) is 0.448. The van der Waals surface area contributed by atoms with Gasteiger partial charge in [0.05, 0.1) is 11.2 Å². The van der Waals surface area contributed by atoms with E-state index in [1.54, 1.807) is 6.20 Å². The molecule has 0 radical (unpaired) electrons. The molecule has 1 aromatic carbocycles. The number of rotatable bonds is 1. The van der Waals surface area contributed by atoms with E-state index in [1.165, 1.54) is 4.68 Å². The van der Waals surface area contributed by atoms with Crippen LogP contribution in [0.2, 0.25) is 0 Å². The second-order valence-electron chi connectivity index (χ2n) is 2.94. The number of nitrogen functional groups attached to an aromatic ring is 2. The normalized spacial score (nSPS) is 10.5. The van der Waals surface area contributed by atoms with E-state index in [2.05, 4.69) is 5.32 Å². The summed E-state index contributed by atoms with van der Waals surface area (Å²) in [5.74, 6) is 5.71. The molecular formula is C9H12N4. The van der Waals surface area contributed by atoms with Crippen LogP contribution in [0.5, 0.6) is 0 Å². The van der Waals surface area contributed by atoms with Gasteiger partial charge < -0.3 is 16.9 Å². The number of nitrogens with one attached hydrogen (secondary N) is 1. The Morgan fingerprint density at radius 1 is 1.31 bits per heavy atom. The van der Waals surface area contributed by atoms with Crippen molar-refractivity contribution in [1.82, 2.24) is 4.68 Å². The molecule has 13 heavy (non-hydrogen) atoms. The number of nitrogens with zero attached hydrogens (tertiary/aromatic N) is 1. The average molecular weight is 176 g/mol. The van der Waals surface area contributed by atoms with Gasteiger partial charge in [-0.3, -0.25) is 4.68 Å². The summed E-state index contributed by atoms with van der Waals surface area (Å²) in [6, 6.07) is 5.73. The molecule has 2 aromatic rings. The predicted molar refractivity (Wildman–Crippen MR) is 56.0 cm³/mol. The van der Waals surface area contributed by atoms with E-state index in [-0.39, 0.29) is 0 Å². The van der Waals surface area contributed by atoms with E-state index in [9.17, 15) is 0 Å². The summed E-state index contributed by atoms with van der Waals surface area (Å²) in [6.45, 7) is 0. The van der Waals surface area contributed by atoms with Crippen LogP contribution in [-0.4, -0.2) is 11.7 Å². The van der Waals surface area contributed by atoms with Gasteiger partial charge >= 0.3 is 0 Å². The van der Waals surface area contributed by atoms with Gasteiger partial charge in [0.25, 0.3) is 0 Å². The Bertz CT molecular complexity index is 444. The first-order valence-electron chi connectivity index (χ1n) is 4.06. The lowest BCUT2D eigenvalue weighted by molar-refractivity contribution is 1.07. The highest BCUT2D eigenvalue weighted by atomic mass is 15.3. The van der Waals surface area contributed by atoms with E-state index in [1.807, 2.05) is 25.2 Å². The molecule has 0 fully saturated rings. The van der Waals surface area contributed by atoms with E-state index >= 15 is 0 Å². The molecular weight excluding hydrogens is 164 g/mol. The van der Waals surface area contributed by atoms with Gasteiger partial charge in [0.2, 0.25) is 0 Å². The van der Waals surface area contributed by atoms with Gasteiger partial charge in [-0.2, -0.15) is 0 Å². The Balaban J connectivity index is 2.87. The highest BCUT2D eigenvalue weighted by molar-refractivity contribution is 5.99. The molecule has 0 amide bonds. The van der Waals surface area contributed by atoms with Gasteiger partial charge in [0.1, 0.15) is 0 Å². The second-order valence-corrected chi connectivity index (χ2v) is 2.94. The largest absolute Gasteiger partial charge is 0.397 e. The first-order chi connectivity index (χ1) is 6.24. The van der Waals surface area contributed by atoms with Crippen molar-refractivity contribution in [2.45, 2.75) is 0 Å². The Kier molecular flexibility index (Phi) is 1.55. The van der Waals surface area contributed by atoms with Crippen molar-refractivity contribution >= 4 is 22.3 Å². The number of fused-ring (bicyclic) bond motifs is 1. The second kappa shape index (κ2) is 2.58. The monoisotopic (exact) mass is 176 g/mol. The zero-order valence-corrected chi connectivity index (χ0v) is 7.41. The summed E-state index contributed by atoms with van der Waals surface area (Å²) in [7, 11) is 1.87. The van der Waals surface area contributed by atoms with Crippen LogP contribution in [-0.2, 0) is 0 Å². The van der Waals surface area contributed by atoms with Gasteiger partial charge in [-0.25, -0.2) is 0 Å². The summed E-state index contributed by atoms with van der Waals surface area (Å²) in [6.07, 6.45) is 1.79. The molecule has 0 aliphatic carbocycles. The zero-order valence-electron chi connectivity index (χ0n) is 7.41. The van der Waals surface area contributed by atoms with E-state index in [4.69, 9.17) is 11.6 Å². The summed E-state index contributed by atoms with van der Waals surface area (Å²) in [5.41, 5.74) is 8.40. The Morgan fingerprint density at radius 3 is 2.77 bits per heavy atom. The van der Waals surface area contributed by atoms with E-state index < -0.39 is 0 Å². The maximum absolute atomic E-state index is 5.80. The van der Waals surface area contributed by atoms with Crippen molar-refractivity contribution in [1.29, 1.82) is 0 Å². The lowest BCUT2D eigenvalue weighted by atomic mass is 10.2. The third-order valence-corrected chi connectivity index (χ3v) is 2.18. The van der Waals surface area contributed by atoms with Crippen molar-refractivity contribution in [3.05, 3.63) is 24.4 Å².